The number of nitrogens with zero attached hydrogens (tertiary/aromatic N) is 3. The molecule has 13 nitrogen and oxygen atoms in total. The molecule has 1 heterocycles. The topological polar surface area (TPSA) is 183 Å². The van der Waals surface area contributed by atoms with Crippen LogP contribution in [0.3, 0.4) is 0 Å². The van der Waals surface area contributed by atoms with Crippen molar-refractivity contribution in [3.05, 3.63) is 70.4 Å². The van der Waals surface area contributed by atoms with Crippen molar-refractivity contribution in [1.29, 1.82) is 0 Å². The Balaban J connectivity index is 1.59. The van der Waals surface area contributed by atoms with Gasteiger partial charge in [-0.2, -0.15) is 4.31 Å². The van der Waals surface area contributed by atoms with E-state index >= 15 is 0 Å². The molecule has 0 atom stereocenters. The van der Waals surface area contributed by atoms with Gasteiger partial charge in [-0.05, 0) is 36.4 Å². The third-order valence-electron chi connectivity index (χ3n) is 5.12. The SMILES string of the molecule is CCN(CC)S(=O)(=O)c1ccc(C(=O)OCC(=O)Nc2ncc(S(=O)(=O)c3ccc([N+](=O)[O-])cc3)s2)cc1. The fourth-order valence-corrected chi connectivity index (χ4v) is 7.06. The minimum atomic E-state index is -4.03. The van der Waals surface area contributed by atoms with E-state index in [1.165, 1.54) is 28.6 Å². The number of rotatable bonds is 11. The second-order valence-corrected chi connectivity index (χ2v) is 12.6. The number of carbonyl (C=O) groups is 2. The lowest BCUT2D eigenvalue weighted by Gasteiger charge is -2.18. The van der Waals surface area contributed by atoms with Crippen LogP contribution in [0.15, 0.2) is 68.7 Å². The van der Waals surface area contributed by atoms with Gasteiger partial charge in [-0.1, -0.05) is 25.2 Å². The second kappa shape index (κ2) is 11.8. The van der Waals surface area contributed by atoms with Gasteiger partial charge in [-0.25, -0.2) is 26.6 Å². The summed E-state index contributed by atoms with van der Waals surface area (Å²) in [6, 6.07) is 9.39. The highest BCUT2D eigenvalue weighted by Gasteiger charge is 2.24. The summed E-state index contributed by atoms with van der Waals surface area (Å²) >= 11 is 0.648. The fourth-order valence-electron chi connectivity index (χ4n) is 3.15. The van der Waals surface area contributed by atoms with E-state index in [2.05, 4.69) is 10.3 Å². The lowest BCUT2D eigenvalue weighted by atomic mass is 10.2. The van der Waals surface area contributed by atoms with Crippen LogP contribution < -0.4 is 5.32 Å². The van der Waals surface area contributed by atoms with Gasteiger partial charge in [-0.3, -0.25) is 20.2 Å². The van der Waals surface area contributed by atoms with E-state index in [1.54, 1.807) is 13.8 Å². The Morgan fingerprint density at radius 3 is 2.13 bits per heavy atom. The molecule has 0 radical (unpaired) electrons. The number of nitrogens with one attached hydrogen (secondary N) is 1. The van der Waals surface area contributed by atoms with E-state index in [-0.39, 0.29) is 30.4 Å². The Labute approximate surface area is 222 Å². The molecule has 1 N–H and O–H groups in total. The Morgan fingerprint density at radius 2 is 1.58 bits per heavy atom. The number of anilines is 1. The van der Waals surface area contributed by atoms with Crippen LogP contribution in [0, 0.1) is 10.1 Å². The van der Waals surface area contributed by atoms with Crippen LogP contribution >= 0.6 is 11.3 Å². The van der Waals surface area contributed by atoms with E-state index < -0.39 is 43.3 Å². The number of thiazole rings is 1. The minimum Gasteiger partial charge on any atom is -0.452 e. The normalized spacial score (nSPS) is 11.8. The molecule has 0 bridgehead atoms. The molecule has 3 aromatic rings. The first-order chi connectivity index (χ1) is 17.9. The lowest BCUT2D eigenvalue weighted by Crippen LogP contribution is -2.30. The van der Waals surface area contributed by atoms with Gasteiger partial charge in [0.15, 0.2) is 11.7 Å². The van der Waals surface area contributed by atoms with Crippen molar-refractivity contribution >= 4 is 53.9 Å². The molecule has 1 amide bonds. The third kappa shape index (κ3) is 6.39. The van der Waals surface area contributed by atoms with Gasteiger partial charge >= 0.3 is 5.97 Å². The summed E-state index contributed by atoms with van der Waals surface area (Å²) in [4.78, 5) is 38.2. The van der Waals surface area contributed by atoms with Gasteiger partial charge in [0.2, 0.25) is 19.9 Å². The molecule has 1 aromatic heterocycles. The van der Waals surface area contributed by atoms with E-state index in [9.17, 15) is 36.5 Å². The van der Waals surface area contributed by atoms with Crippen LogP contribution in [-0.4, -0.2) is 62.6 Å². The van der Waals surface area contributed by atoms with Crippen molar-refractivity contribution in [3.63, 3.8) is 0 Å². The van der Waals surface area contributed by atoms with Crippen LogP contribution in [0.1, 0.15) is 24.2 Å². The summed E-state index contributed by atoms with van der Waals surface area (Å²) in [6.45, 7) is 3.30. The predicted molar refractivity (Wildman–Crippen MR) is 136 cm³/mol. The predicted octanol–water partition coefficient (Wildman–Crippen LogP) is 2.71. The van der Waals surface area contributed by atoms with Gasteiger partial charge in [0, 0.05) is 25.2 Å². The first-order valence-electron chi connectivity index (χ1n) is 10.9. The number of ether oxygens (including phenoxy) is 1. The number of sulfonamides is 1. The number of sulfone groups is 1. The monoisotopic (exact) mass is 582 g/mol. The molecule has 38 heavy (non-hydrogen) atoms. The highest BCUT2D eigenvalue weighted by Crippen LogP contribution is 2.29. The number of carbonyl (C=O) groups excluding carboxylic acids is 2. The van der Waals surface area contributed by atoms with Crippen molar-refractivity contribution in [1.82, 2.24) is 9.29 Å². The van der Waals surface area contributed by atoms with Crippen molar-refractivity contribution in [3.8, 4) is 0 Å². The Bertz CT molecular complexity index is 1550. The molecule has 0 saturated carbocycles. The fraction of sp³-hybridized carbons (Fsp3) is 0.227. The van der Waals surface area contributed by atoms with Crippen LogP contribution in [0.25, 0.3) is 0 Å². The van der Waals surface area contributed by atoms with Gasteiger partial charge in [0.05, 0.1) is 26.5 Å². The Morgan fingerprint density at radius 1 is 1.00 bits per heavy atom. The summed E-state index contributed by atoms with van der Waals surface area (Å²) in [5, 5.41) is 13.0. The number of nitro benzene ring substituents is 1. The molecular weight excluding hydrogens is 560 g/mol. The molecule has 3 rings (SSSR count). The number of hydrogen-bond donors (Lipinski definition) is 1. The number of amides is 1. The van der Waals surface area contributed by atoms with Crippen LogP contribution in [0.2, 0.25) is 0 Å². The zero-order valence-electron chi connectivity index (χ0n) is 20.1. The summed E-state index contributed by atoms with van der Waals surface area (Å²) in [5.41, 5.74) is -0.238. The highest BCUT2D eigenvalue weighted by molar-refractivity contribution is 7.93. The zero-order valence-corrected chi connectivity index (χ0v) is 22.5. The number of non-ortho nitro benzene ring substituents is 1. The first-order valence-corrected chi connectivity index (χ1v) is 14.7. The maximum atomic E-state index is 12.7. The van der Waals surface area contributed by atoms with Gasteiger partial charge in [0.25, 0.3) is 11.6 Å². The molecule has 0 fully saturated rings. The van der Waals surface area contributed by atoms with Gasteiger partial charge in [0.1, 0.15) is 4.21 Å². The molecule has 0 aliphatic rings. The Hall–Kier alpha value is -3.73. The zero-order chi connectivity index (χ0) is 28.1. The molecular formula is C22H22N4O9S3. The van der Waals surface area contributed by atoms with Crippen LogP contribution in [0.5, 0.6) is 0 Å². The average Bonchev–Trinajstić information content (AvgIpc) is 3.37. The number of esters is 1. The molecule has 0 spiro atoms. The number of hydrogen-bond acceptors (Lipinski definition) is 11. The molecule has 202 valence electrons. The molecule has 0 aliphatic carbocycles. The van der Waals surface area contributed by atoms with E-state index in [0.717, 1.165) is 30.5 Å². The van der Waals surface area contributed by atoms with Crippen molar-refractivity contribution in [2.45, 2.75) is 27.8 Å². The van der Waals surface area contributed by atoms with E-state index in [0.29, 0.717) is 24.4 Å². The van der Waals surface area contributed by atoms with Gasteiger partial charge in [-0.15, -0.1) is 0 Å². The molecule has 16 heteroatoms. The van der Waals surface area contributed by atoms with E-state index in [1.807, 2.05) is 0 Å². The average molecular weight is 583 g/mol. The standard InChI is InChI=1S/C22H22N4O9S3/c1-3-25(4-2)38(33,34)18-9-5-15(6-10-18)21(28)35-14-19(27)24-22-23-13-20(36-22)37(31,32)17-11-7-16(8-12-17)26(29)30/h5-13H,3-4,14H2,1-2H3,(H,23,24,27). The van der Waals surface area contributed by atoms with Crippen molar-refractivity contribution < 1.29 is 36.1 Å². The second-order valence-electron chi connectivity index (χ2n) is 7.48. The molecule has 0 aliphatic heterocycles. The number of nitro groups is 1. The summed E-state index contributed by atoms with van der Waals surface area (Å²) in [5.74, 6) is -1.65. The first kappa shape index (κ1) is 28.8. The Kier molecular flexibility index (Phi) is 8.93. The third-order valence-corrected chi connectivity index (χ3v) is 10.3. The largest absolute Gasteiger partial charge is 0.452 e. The smallest absolute Gasteiger partial charge is 0.338 e. The maximum absolute atomic E-state index is 12.7. The molecule has 0 unspecified atom stereocenters. The lowest BCUT2D eigenvalue weighted by molar-refractivity contribution is -0.384. The quantitative estimate of drug-likeness (QED) is 0.200. The summed E-state index contributed by atoms with van der Waals surface area (Å²) in [6.07, 6.45) is 1.02. The highest BCUT2D eigenvalue weighted by atomic mass is 32.2. The molecule has 0 saturated heterocycles. The van der Waals surface area contributed by atoms with Crippen LogP contribution in [-0.2, 0) is 29.4 Å². The number of aromatic nitrogens is 1. The maximum Gasteiger partial charge on any atom is 0.338 e. The van der Waals surface area contributed by atoms with Crippen molar-refractivity contribution in [2.24, 2.45) is 0 Å². The summed E-state index contributed by atoms with van der Waals surface area (Å²) in [7, 11) is -7.72. The van der Waals surface area contributed by atoms with E-state index in [4.69, 9.17) is 4.74 Å². The van der Waals surface area contributed by atoms with Crippen LogP contribution in [0.4, 0.5) is 10.8 Å². The summed E-state index contributed by atoms with van der Waals surface area (Å²) < 4.78 is 56.5. The van der Waals surface area contributed by atoms with Gasteiger partial charge < -0.3 is 4.74 Å². The molecule has 2 aromatic carbocycles. The van der Waals surface area contributed by atoms with Crippen molar-refractivity contribution in [2.75, 3.05) is 25.0 Å². The minimum absolute atomic E-state index is 0.0127. The number of benzene rings is 2.